The maximum absolute atomic E-state index is 4.46. The third kappa shape index (κ3) is 5.08. The summed E-state index contributed by atoms with van der Waals surface area (Å²) in [5.41, 5.74) is 2.53. The van der Waals surface area contributed by atoms with Gasteiger partial charge in [0.1, 0.15) is 0 Å². The average Bonchev–Trinajstić information content (AvgIpc) is 3.36. The Morgan fingerprint density at radius 2 is 2.12 bits per heavy atom. The lowest BCUT2D eigenvalue weighted by Crippen LogP contribution is -2.37. The van der Waals surface area contributed by atoms with E-state index in [4.69, 9.17) is 0 Å². The highest BCUT2D eigenvalue weighted by molar-refractivity contribution is 7.11. The highest BCUT2D eigenvalue weighted by atomic mass is 32.1. The number of hydrogen-bond acceptors (Lipinski definition) is 4. The van der Waals surface area contributed by atoms with Gasteiger partial charge < -0.3 is 15.5 Å². The summed E-state index contributed by atoms with van der Waals surface area (Å²) >= 11 is 1.79. The van der Waals surface area contributed by atoms with E-state index >= 15 is 0 Å². The summed E-state index contributed by atoms with van der Waals surface area (Å²) in [6.45, 7) is 5.74. The van der Waals surface area contributed by atoms with E-state index in [1.54, 1.807) is 18.4 Å². The minimum absolute atomic E-state index is 0.756. The van der Waals surface area contributed by atoms with Crippen molar-refractivity contribution >= 4 is 23.0 Å². The number of aryl methyl sites for hydroxylation is 1. The van der Waals surface area contributed by atoms with Crippen LogP contribution < -0.4 is 15.5 Å². The SMILES string of the molecule is CCc1cnc(CCNC(=NC)NCc2cccc(N3CC=CC3)c2)s1. The lowest BCUT2D eigenvalue weighted by Gasteiger charge is -2.19. The molecule has 6 heteroatoms. The van der Waals surface area contributed by atoms with E-state index in [9.17, 15) is 0 Å². The molecule has 2 N–H and O–H groups in total. The van der Waals surface area contributed by atoms with Gasteiger partial charge >= 0.3 is 0 Å². The van der Waals surface area contributed by atoms with Gasteiger partial charge in [0.25, 0.3) is 0 Å². The van der Waals surface area contributed by atoms with Gasteiger partial charge in [-0.3, -0.25) is 4.99 Å². The Hall–Kier alpha value is -2.34. The van der Waals surface area contributed by atoms with Gasteiger partial charge in [-0.25, -0.2) is 4.98 Å². The van der Waals surface area contributed by atoms with E-state index in [1.165, 1.54) is 21.1 Å². The van der Waals surface area contributed by atoms with E-state index in [0.717, 1.165) is 45.0 Å². The van der Waals surface area contributed by atoms with Crippen LogP contribution in [0.4, 0.5) is 5.69 Å². The maximum Gasteiger partial charge on any atom is 0.191 e. The van der Waals surface area contributed by atoms with Crippen molar-refractivity contribution in [3.05, 3.63) is 58.1 Å². The molecule has 1 aromatic carbocycles. The van der Waals surface area contributed by atoms with Crippen LogP contribution in [0.15, 0.2) is 47.6 Å². The van der Waals surface area contributed by atoms with Gasteiger partial charge in [-0.05, 0) is 24.1 Å². The predicted molar refractivity (Wildman–Crippen MR) is 111 cm³/mol. The lowest BCUT2D eigenvalue weighted by atomic mass is 10.2. The molecule has 0 saturated heterocycles. The Kier molecular flexibility index (Phi) is 6.66. The standard InChI is InChI=1S/C20H27N5S/c1-3-18-15-23-19(26-18)9-10-22-20(21-2)24-14-16-7-6-8-17(13-16)25-11-4-5-12-25/h4-8,13,15H,3,9-12,14H2,1-2H3,(H2,21,22,24). The number of hydrogen-bond donors (Lipinski definition) is 2. The Morgan fingerprint density at radius 1 is 1.27 bits per heavy atom. The van der Waals surface area contributed by atoms with Gasteiger partial charge in [0.15, 0.2) is 5.96 Å². The summed E-state index contributed by atoms with van der Waals surface area (Å²) in [6.07, 6.45) is 8.38. The minimum atomic E-state index is 0.756. The maximum atomic E-state index is 4.46. The van der Waals surface area contributed by atoms with Crippen molar-refractivity contribution in [2.24, 2.45) is 4.99 Å². The van der Waals surface area contributed by atoms with Gasteiger partial charge in [0.2, 0.25) is 0 Å². The molecule has 0 atom stereocenters. The molecule has 1 aliphatic heterocycles. The van der Waals surface area contributed by atoms with E-state index in [-0.39, 0.29) is 0 Å². The summed E-state index contributed by atoms with van der Waals surface area (Å²) in [5, 5.41) is 7.94. The molecule has 0 bridgehead atoms. The van der Waals surface area contributed by atoms with Crippen molar-refractivity contribution < 1.29 is 0 Å². The number of guanidine groups is 1. The lowest BCUT2D eigenvalue weighted by molar-refractivity contribution is 0.791. The zero-order valence-corrected chi connectivity index (χ0v) is 16.4. The summed E-state index contributed by atoms with van der Waals surface area (Å²) in [6, 6.07) is 8.68. The van der Waals surface area contributed by atoms with Crippen LogP contribution in [0, 0.1) is 0 Å². The second-order valence-corrected chi connectivity index (χ2v) is 7.42. The zero-order valence-electron chi connectivity index (χ0n) is 15.5. The van der Waals surface area contributed by atoms with Crippen LogP contribution in [-0.2, 0) is 19.4 Å². The highest BCUT2D eigenvalue weighted by Gasteiger charge is 2.08. The van der Waals surface area contributed by atoms with Crippen LogP contribution in [0.5, 0.6) is 0 Å². The molecule has 0 saturated carbocycles. The summed E-state index contributed by atoms with van der Waals surface area (Å²) in [5.74, 6) is 0.825. The molecule has 1 aliphatic rings. The smallest absolute Gasteiger partial charge is 0.191 e. The third-order valence-corrected chi connectivity index (χ3v) is 5.56. The Labute approximate surface area is 159 Å². The van der Waals surface area contributed by atoms with E-state index in [2.05, 4.69) is 68.9 Å². The summed E-state index contributed by atoms with van der Waals surface area (Å²) in [7, 11) is 1.81. The van der Waals surface area contributed by atoms with Crippen molar-refractivity contribution in [3.8, 4) is 0 Å². The molecule has 0 aliphatic carbocycles. The topological polar surface area (TPSA) is 52.6 Å². The molecule has 26 heavy (non-hydrogen) atoms. The second kappa shape index (κ2) is 9.38. The first kappa shape index (κ1) is 18.5. The number of anilines is 1. The van der Waals surface area contributed by atoms with Crippen molar-refractivity contribution in [1.29, 1.82) is 0 Å². The van der Waals surface area contributed by atoms with E-state index < -0.39 is 0 Å². The number of aromatic nitrogens is 1. The number of nitrogens with zero attached hydrogens (tertiary/aromatic N) is 3. The van der Waals surface area contributed by atoms with Crippen molar-refractivity contribution in [2.45, 2.75) is 26.3 Å². The molecule has 5 nitrogen and oxygen atoms in total. The first-order chi connectivity index (χ1) is 12.8. The number of rotatable bonds is 7. The molecular weight excluding hydrogens is 342 g/mol. The largest absolute Gasteiger partial charge is 0.364 e. The quantitative estimate of drug-likeness (QED) is 0.448. The third-order valence-electron chi connectivity index (χ3n) is 4.36. The van der Waals surface area contributed by atoms with E-state index in [1.807, 2.05) is 6.20 Å². The average molecular weight is 370 g/mol. The van der Waals surface area contributed by atoms with Crippen LogP contribution in [-0.4, -0.2) is 37.6 Å². The Morgan fingerprint density at radius 3 is 2.85 bits per heavy atom. The fraction of sp³-hybridized carbons (Fsp3) is 0.400. The summed E-state index contributed by atoms with van der Waals surface area (Å²) < 4.78 is 0. The molecule has 2 heterocycles. The zero-order chi connectivity index (χ0) is 18.2. The Bertz CT molecular complexity index is 757. The predicted octanol–water partition coefficient (Wildman–Crippen LogP) is 2.99. The molecule has 0 radical (unpaired) electrons. The van der Waals surface area contributed by atoms with Gasteiger partial charge in [0, 0.05) is 56.4 Å². The van der Waals surface area contributed by atoms with Gasteiger partial charge in [-0.15, -0.1) is 11.3 Å². The Balaban J connectivity index is 1.45. The normalized spacial score (nSPS) is 14.1. The highest BCUT2D eigenvalue weighted by Crippen LogP contribution is 2.18. The molecule has 0 amide bonds. The van der Waals surface area contributed by atoms with Gasteiger partial charge in [-0.1, -0.05) is 31.2 Å². The number of nitrogens with one attached hydrogen (secondary N) is 2. The number of aliphatic imine (C=N–C) groups is 1. The molecule has 2 aromatic rings. The first-order valence-corrected chi connectivity index (χ1v) is 9.97. The van der Waals surface area contributed by atoms with Crippen LogP contribution in [0.25, 0.3) is 0 Å². The first-order valence-electron chi connectivity index (χ1n) is 9.15. The van der Waals surface area contributed by atoms with Crippen molar-refractivity contribution in [3.63, 3.8) is 0 Å². The fourth-order valence-electron chi connectivity index (χ4n) is 2.87. The molecule has 1 aromatic heterocycles. The minimum Gasteiger partial charge on any atom is -0.364 e. The van der Waals surface area contributed by atoms with Crippen LogP contribution in [0.1, 0.15) is 22.4 Å². The van der Waals surface area contributed by atoms with E-state index in [0.29, 0.717) is 0 Å². The molecule has 0 unspecified atom stereocenters. The van der Waals surface area contributed by atoms with Crippen molar-refractivity contribution in [2.75, 3.05) is 31.6 Å². The van der Waals surface area contributed by atoms with Crippen LogP contribution in [0.2, 0.25) is 0 Å². The monoisotopic (exact) mass is 369 g/mol. The molecular formula is C20H27N5S. The summed E-state index contributed by atoms with van der Waals surface area (Å²) in [4.78, 5) is 12.5. The van der Waals surface area contributed by atoms with Gasteiger partial charge in [0.05, 0.1) is 5.01 Å². The number of benzene rings is 1. The van der Waals surface area contributed by atoms with Crippen molar-refractivity contribution in [1.82, 2.24) is 15.6 Å². The van der Waals surface area contributed by atoms with Gasteiger partial charge in [-0.2, -0.15) is 0 Å². The second-order valence-electron chi connectivity index (χ2n) is 6.22. The molecule has 3 rings (SSSR count). The molecule has 0 spiro atoms. The van der Waals surface area contributed by atoms with Crippen LogP contribution in [0.3, 0.4) is 0 Å². The molecule has 0 fully saturated rings. The van der Waals surface area contributed by atoms with Crippen LogP contribution >= 0.6 is 11.3 Å². The fourth-order valence-corrected chi connectivity index (χ4v) is 3.74. The number of thiazole rings is 1. The molecule has 138 valence electrons.